The molecular formula is C9H12O3. The normalized spacial score (nSPS) is 61.0. The average molecular weight is 168 g/mol. The van der Waals surface area contributed by atoms with Gasteiger partial charge in [0.25, 0.3) is 0 Å². The number of carbonyl (C=O) groups is 1. The van der Waals surface area contributed by atoms with E-state index in [0.29, 0.717) is 11.8 Å². The third-order valence-corrected chi connectivity index (χ3v) is 3.99. The highest BCUT2D eigenvalue weighted by atomic mass is 16.6. The van der Waals surface area contributed by atoms with Crippen molar-refractivity contribution in [2.45, 2.75) is 32.0 Å². The molecule has 2 saturated carbocycles. The van der Waals surface area contributed by atoms with Crippen molar-refractivity contribution in [1.29, 1.82) is 0 Å². The van der Waals surface area contributed by atoms with Crippen LogP contribution in [0.1, 0.15) is 19.8 Å². The summed E-state index contributed by atoms with van der Waals surface area (Å²) < 4.78 is 5.17. The summed E-state index contributed by atoms with van der Waals surface area (Å²) in [4.78, 5) is 11.4. The van der Waals surface area contributed by atoms with Gasteiger partial charge in [0.15, 0.2) is 0 Å². The first-order valence-corrected chi connectivity index (χ1v) is 4.52. The van der Waals surface area contributed by atoms with Crippen molar-refractivity contribution in [3.05, 3.63) is 0 Å². The van der Waals surface area contributed by atoms with Gasteiger partial charge in [-0.25, -0.2) is 0 Å². The Kier molecular flexibility index (Phi) is 0.971. The van der Waals surface area contributed by atoms with E-state index in [1.54, 1.807) is 0 Å². The Morgan fingerprint density at radius 3 is 3.00 bits per heavy atom. The Morgan fingerprint density at radius 2 is 2.42 bits per heavy atom. The molecule has 66 valence electrons. The number of rotatable bonds is 0. The van der Waals surface area contributed by atoms with Gasteiger partial charge in [-0.15, -0.1) is 0 Å². The zero-order valence-electron chi connectivity index (χ0n) is 6.99. The lowest BCUT2D eigenvalue weighted by Crippen LogP contribution is -2.35. The van der Waals surface area contributed by atoms with Crippen molar-refractivity contribution in [3.63, 3.8) is 0 Å². The zero-order chi connectivity index (χ0) is 8.51. The number of hydrogen-bond donors (Lipinski definition) is 1. The summed E-state index contributed by atoms with van der Waals surface area (Å²) in [6, 6.07) is 0. The van der Waals surface area contributed by atoms with Gasteiger partial charge in [0, 0.05) is 5.92 Å². The van der Waals surface area contributed by atoms with Crippen molar-refractivity contribution in [2.75, 3.05) is 0 Å². The Morgan fingerprint density at radius 1 is 1.67 bits per heavy atom. The van der Waals surface area contributed by atoms with Crippen LogP contribution in [0.5, 0.6) is 0 Å². The molecule has 3 aliphatic rings. The van der Waals surface area contributed by atoms with Gasteiger partial charge in [0.05, 0.1) is 11.5 Å². The first kappa shape index (κ1) is 6.89. The topological polar surface area (TPSA) is 46.5 Å². The predicted molar refractivity (Wildman–Crippen MR) is 40.2 cm³/mol. The molecule has 2 aliphatic carbocycles. The summed E-state index contributed by atoms with van der Waals surface area (Å²) in [7, 11) is 0. The van der Waals surface area contributed by atoms with E-state index in [0.717, 1.165) is 12.8 Å². The van der Waals surface area contributed by atoms with E-state index in [1.165, 1.54) is 0 Å². The summed E-state index contributed by atoms with van der Waals surface area (Å²) in [5, 5.41) is 9.66. The van der Waals surface area contributed by atoms with Gasteiger partial charge in [-0.1, -0.05) is 0 Å². The van der Waals surface area contributed by atoms with Crippen LogP contribution in [0.2, 0.25) is 0 Å². The molecule has 3 nitrogen and oxygen atoms in total. The van der Waals surface area contributed by atoms with E-state index < -0.39 is 0 Å². The fraction of sp³-hybridized carbons (Fsp3) is 0.889. The molecule has 3 fully saturated rings. The molecule has 2 bridgehead atoms. The zero-order valence-corrected chi connectivity index (χ0v) is 6.99. The SMILES string of the molecule is C[C@]12C[C@@H]3C[C@H]1[C@H](OC2=O)[C@H]3O. The first-order chi connectivity index (χ1) is 5.63. The number of fused-ring (bicyclic) bond motifs is 1. The van der Waals surface area contributed by atoms with Crippen molar-refractivity contribution in [3.8, 4) is 0 Å². The summed E-state index contributed by atoms with van der Waals surface area (Å²) in [6.07, 6.45) is 1.25. The third-order valence-electron chi connectivity index (χ3n) is 3.99. The molecule has 0 spiro atoms. The molecule has 1 saturated heterocycles. The lowest BCUT2D eigenvalue weighted by Gasteiger charge is -2.25. The molecule has 5 atom stereocenters. The number of ether oxygens (including phenoxy) is 1. The maximum Gasteiger partial charge on any atom is 0.312 e. The van der Waals surface area contributed by atoms with Crippen LogP contribution in [0, 0.1) is 17.3 Å². The smallest absolute Gasteiger partial charge is 0.312 e. The van der Waals surface area contributed by atoms with E-state index >= 15 is 0 Å². The van der Waals surface area contributed by atoms with Gasteiger partial charge in [0.1, 0.15) is 6.10 Å². The highest BCUT2D eigenvalue weighted by Gasteiger charge is 2.67. The molecule has 0 aromatic rings. The molecule has 1 N–H and O–H groups in total. The number of aliphatic hydroxyl groups excluding tert-OH is 1. The minimum Gasteiger partial charge on any atom is -0.459 e. The Hall–Kier alpha value is -0.570. The van der Waals surface area contributed by atoms with Gasteiger partial charge in [-0.3, -0.25) is 4.79 Å². The van der Waals surface area contributed by atoms with E-state index in [9.17, 15) is 9.90 Å². The molecule has 3 rings (SSSR count). The molecule has 3 heteroatoms. The second-order valence-electron chi connectivity index (χ2n) is 4.58. The summed E-state index contributed by atoms with van der Waals surface area (Å²) >= 11 is 0. The van der Waals surface area contributed by atoms with Crippen molar-refractivity contribution in [2.24, 2.45) is 17.3 Å². The highest BCUT2D eigenvalue weighted by Crippen LogP contribution is 2.61. The number of carbonyl (C=O) groups excluding carboxylic acids is 1. The molecule has 0 aromatic heterocycles. The van der Waals surface area contributed by atoms with E-state index in [4.69, 9.17) is 4.74 Å². The van der Waals surface area contributed by atoms with Gasteiger partial charge in [-0.2, -0.15) is 0 Å². The quantitative estimate of drug-likeness (QED) is 0.530. The van der Waals surface area contributed by atoms with Crippen molar-refractivity contribution in [1.82, 2.24) is 0 Å². The van der Waals surface area contributed by atoms with Crippen LogP contribution >= 0.6 is 0 Å². The minimum absolute atomic E-state index is 0.0865. The molecule has 0 aromatic carbocycles. The van der Waals surface area contributed by atoms with Crippen LogP contribution in [-0.4, -0.2) is 23.3 Å². The van der Waals surface area contributed by atoms with Crippen LogP contribution in [0.25, 0.3) is 0 Å². The van der Waals surface area contributed by atoms with Crippen LogP contribution in [0.4, 0.5) is 0 Å². The summed E-state index contributed by atoms with van der Waals surface area (Å²) in [5.41, 5.74) is -0.255. The van der Waals surface area contributed by atoms with Gasteiger partial charge >= 0.3 is 5.97 Å². The second kappa shape index (κ2) is 1.69. The molecule has 1 heterocycles. The molecular weight excluding hydrogens is 156 g/mol. The fourth-order valence-electron chi connectivity index (χ4n) is 3.27. The predicted octanol–water partition coefficient (Wildman–Crippen LogP) is 0.319. The van der Waals surface area contributed by atoms with Crippen LogP contribution in [0.3, 0.4) is 0 Å². The summed E-state index contributed by atoms with van der Waals surface area (Å²) in [5.74, 6) is 0.526. The number of hydrogen-bond acceptors (Lipinski definition) is 3. The van der Waals surface area contributed by atoms with Crippen LogP contribution in [-0.2, 0) is 9.53 Å². The van der Waals surface area contributed by atoms with Gasteiger partial charge < -0.3 is 9.84 Å². The fourth-order valence-corrected chi connectivity index (χ4v) is 3.27. The van der Waals surface area contributed by atoms with Crippen molar-refractivity contribution >= 4 is 5.97 Å². The second-order valence-corrected chi connectivity index (χ2v) is 4.58. The lowest BCUT2D eigenvalue weighted by molar-refractivity contribution is -0.148. The summed E-state index contributed by atoms with van der Waals surface area (Å²) in [6.45, 7) is 1.98. The Labute approximate surface area is 70.7 Å². The average Bonchev–Trinajstić information content (AvgIpc) is 2.53. The standard InChI is InChI=1S/C9H12O3/c1-9-3-4-2-5(9)7(6(4)10)12-8(9)11/h4-7,10H,2-3H2,1H3/t4-,5-,6-,7-,9-/m0/s1. The third kappa shape index (κ3) is 0.505. The van der Waals surface area contributed by atoms with E-state index in [1.807, 2.05) is 6.92 Å². The molecule has 12 heavy (non-hydrogen) atoms. The largest absolute Gasteiger partial charge is 0.459 e. The van der Waals surface area contributed by atoms with Crippen LogP contribution < -0.4 is 0 Å². The highest BCUT2D eigenvalue weighted by molar-refractivity contribution is 5.80. The maximum absolute atomic E-state index is 11.4. The number of esters is 1. The Balaban J connectivity index is 2.09. The van der Waals surface area contributed by atoms with E-state index in [-0.39, 0.29) is 23.6 Å². The maximum atomic E-state index is 11.4. The molecule has 0 radical (unpaired) electrons. The Bertz CT molecular complexity index is 262. The van der Waals surface area contributed by atoms with Gasteiger partial charge in [0.2, 0.25) is 0 Å². The molecule has 0 amide bonds. The van der Waals surface area contributed by atoms with Gasteiger partial charge in [-0.05, 0) is 25.7 Å². The number of aliphatic hydroxyl groups is 1. The van der Waals surface area contributed by atoms with Crippen molar-refractivity contribution < 1.29 is 14.6 Å². The molecule has 0 unspecified atom stereocenters. The monoisotopic (exact) mass is 168 g/mol. The minimum atomic E-state index is -0.380. The molecule has 1 aliphatic heterocycles. The van der Waals surface area contributed by atoms with E-state index in [2.05, 4.69) is 0 Å². The first-order valence-electron chi connectivity index (χ1n) is 4.52. The van der Waals surface area contributed by atoms with Crippen LogP contribution in [0.15, 0.2) is 0 Å². The lowest BCUT2D eigenvalue weighted by atomic mass is 9.75.